The molecule has 4 N–H and O–H groups in total. The lowest BCUT2D eigenvalue weighted by molar-refractivity contribution is -0.156. The van der Waals surface area contributed by atoms with E-state index in [-0.39, 0.29) is 37.5 Å². The fourth-order valence-electron chi connectivity index (χ4n) is 6.11. The van der Waals surface area contributed by atoms with E-state index in [4.69, 9.17) is 21.4 Å². The number of nitrogens with one attached hydrogen (secondary N) is 1. The van der Waals surface area contributed by atoms with E-state index < -0.39 is 35.3 Å². The van der Waals surface area contributed by atoms with Crippen LogP contribution in [0.3, 0.4) is 0 Å². The Hall–Kier alpha value is -4.14. The molecular weight excluding hydrogens is 558 g/mol. The fraction of sp³-hybridized carbons (Fsp3) is 0.303. The SMILES string of the molecule is CC1=C(C(=O)O)C(c2cccc(Cl)c2)C(CCC(c2ccccc2)c2ccccc2)(C(=O)O)C(COCCC(=O)O)N1. The van der Waals surface area contributed by atoms with E-state index in [1.807, 2.05) is 60.7 Å². The van der Waals surface area contributed by atoms with Gasteiger partial charge in [-0.25, -0.2) is 4.79 Å². The summed E-state index contributed by atoms with van der Waals surface area (Å²) in [6.07, 6.45) is 0.221. The highest BCUT2D eigenvalue weighted by Gasteiger charge is 2.57. The lowest BCUT2D eigenvalue weighted by atomic mass is 9.59. The zero-order valence-electron chi connectivity index (χ0n) is 23.2. The molecule has 0 saturated carbocycles. The molecule has 0 bridgehead atoms. The third kappa shape index (κ3) is 6.66. The number of carboxylic acid groups (broad SMARTS) is 3. The van der Waals surface area contributed by atoms with Crippen molar-refractivity contribution in [1.29, 1.82) is 0 Å². The highest BCUT2D eigenvalue weighted by molar-refractivity contribution is 6.30. The standard InChI is InChI=1S/C33H34ClNO7/c1-21-29(31(38)39)30(24-13-8-14-25(34)19-24)33(32(40)41,27(35-21)20-42-18-16-28(36)37)17-15-26(22-9-4-2-5-10-22)23-11-6-3-7-12-23/h2-14,19,26-27,30,35H,15-18,20H2,1H3,(H,36,37)(H,38,39)(H,40,41). The Morgan fingerprint density at radius 1 is 0.929 bits per heavy atom. The fourth-order valence-corrected chi connectivity index (χ4v) is 6.30. The summed E-state index contributed by atoms with van der Waals surface area (Å²) >= 11 is 6.35. The van der Waals surface area contributed by atoms with Gasteiger partial charge in [0.2, 0.25) is 0 Å². The molecule has 0 radical (unpaired) electrons. The highest BCUT2D eigenvalue weighted by Crippen LogP contribution is 2.52. The molecule has 0 fully saturated rings. The average Bonchev–Trinajstić information content (AvgIpc) is 2.96. The summed E-state index contributed by atoms with van der Waals surface area (Å²) in [6, 6.07) is 25.3. The van der Waals surface area contributed by atoms with E-state index in [0.29, 0.717) is 22.7 Å². The van der Waals surface area contributed by atoms with Gasteiger partial charge in [-0.2, -0.15) is 0 Å². The van der Waals surface area contributed by atoms with Crippen molar-refractivity contribution in [2.24, 2.45) is 5.41 Å². The van der Waals surface area contributed by atoms with Gasteiger partial charge in [0.05, 0.1) is 31.2 Å². The summed E-state index contributed by atoms with van der Waals surface area (Å²) in [4.78, 5) is 37.5. The summed E-state index contributed by atoms with van der Waals surface area (Å²) in [5.74, 6) is -4.70. The van der Waals surface area contributed by atoms with E-state index in [1.54, 1.807) is 31.2 Å². The van der Waals surface area contributed by atoms with Crippen molar-refractivity contribution in [3.8, 4) is 0 Å². The van der Waals surface area contributed by atoms with Crippen molar-refractivity contribution in [2.75, 3.05) is 13.2 Å². The van der Waals surface area contributed by atoms with Gasteiger partial charge in [0.15, 0.2) is 0 Å². The van der Waals surface area contributed by atoms with Gasteiger partial charge in [-0.1, -0.05) is 84.4 Å². The minimum Gasteiger partial charge on any atom is -0.481 e. The first-order valence-corrected chi connectivity index (χ1v) is 14.1. The van der Waals surface area contributed by atoms with Crippen LogP contribution in [0, 0.1) is 5.41 Å². The predicted molar refractivity (Wildman–Crippen MR) is 159 cm³/mol. The lowest BCUT2D eigenvalue weighted by Gasteiger charge is -2.48. The van der Waals surface area contributed by atoms with E-state index in [2.05, 4.69) is 5.32 Å². The molecule has 0 aromatic heterocycles. The molecule has 1 aliphatic heterocycles. The first-order valence-electron chi connectivity index (χ1n) is 13.7. The molecule has 0 aliphatic carbocycles. The van der Waals surface area contributed by atoms with Crippen LogP contribution in [0.25, 0.3) is 0 Å². The third-order valence-electron chi connectivity index (χ3n) is 8.03. The normalized spacial score (nSPS) is 20.3. The number of benzene rings is 3. The molecule has 0 saturated heterocycles. The monoisotopic (exact) mass is 591 g/mol. The molecule has 220 valence electrons. The average molecular weight is 592 g/mol. The van der Waals surface area contributed by atoms with Crippen LogP contribution in [-0.2, 0) is 19.1 Å². The smallest absolute Gasteiger partial charge is 0.333 e. The number of carboxylic acids is 3. The first kappa shape index (κ1) is 30.8. The number of hydrogen-bond acceptors (Lipinski definition) is 5. The van der Waals surface area contributed by atoms with Crippen LogP contribution in [0.15, 0.2) is 96.2 Å². The Morgan fingerprint density at radius 3 is 2.07 bits per heavy atom. The maximum Gasteiger partial charge on any atom is 0.333 e. The summed E-state index contributed by atoms with van der Waals surface area (Å²) in [5, 5.41) is 34.1. The van der Waals surface area contributed by atoms with E-state index >= 15 is 0 Å². The number of carbonyl (C=O) groups is 3. The van der Waals surface area contributed by atoms with E-state index in [1.165, 1.54) is 0 Å². The summed E-state index contributed by atoms with van der Waals surface area (Å²) in [7, 11) is 0. The van der Waals surface area contributed by atoms with E-state index in [0.717, 1.165) is 11.1 Å². The number of allylic oxidation sites excluding steroid dienone is 1. The van der Waals surface area contributed by atoms with Crippen LogP contribution < -0.4 is 5.32 Å². The minimum absolute atomic E-state index is 0.0579. The number of aliphatic carboxylic acids is 3. The second-order valence-electron chi connectivity index (χ2n) is 10.5. The van der Waals surface area contributed by atoms with Crippen molar-refractivity contribution in [3.05, 3.63) is 118 Å². The third-order valence-corrected chi connectivity index (χ3v) is 8.26. The Bertz CT molecular complexity index is 1400. The van der Waals surface area contributed by atoms with Crippen molar-refractivity contribution < 1.29 is 34.4 Å². The number of halogens is 1. The summed E-state index contributed by atoms with van der Waals surface area (Å²) < 4.78 is 5.71. The second-order valence-corrected chi connectivity index (χ2v) is 10.9. The molecule has 42 heavy (non-hydrogen) atoms. The maximum absolute atomic E-state index is 13.6. The number of hydrogen-bond donors (Lipinski definition) is 4. The van der Waals surface area contributed by atoms with Gasteiger partial charge in [0.1, 0.15) is 5.41 Å². The van der Waals surface area contributed by atoms with Crippen LogP contribution in [-0.4, -0.2) is 52.5 Å². The Balaban J connectivity index is 1.86. The van der Waals surface area contributed by atoms with Gasteiger partial charge in [-0.3, -0.25) is 9.59 Å². The molecule has 3 aromatic carbocycles. The number of rotatable bonds is 13. The Labute approximate surface area is 249 Å². The highest BCUT2D eigenvalue weighted by atomic mass is 35.5. The molecule has 3 unspecified atom stereocenters. The van der Waals surface area contributed by atoms with Gasteiger partial charge in [0.25, 0.3) is 0 Å². The second kappa shape index (κ2) is 13.7. The van der Waals surface area contributed by atoms with Crippen molar-refractivity contribution in [2.45, 2.75) is 44.1 Å². The van der Waals surface area contributed by atoms with E-state index in [9.17, 15) is 24.6 Å². The Kier molecular flexibility index (Phi) is 10.0. The van der Waals surface area contributed by atoms with Crippen LogP contribution in [0.2, 0.25) is 5.02 Å². The zero-order chi connectivity index (χ0) is 30.3. The van der Waals surface area contributed by atoms with Crippen LogP contribution >= 0.6 is 11.6 Å². The summed E-state index contributed by atoms with van der Waals surface area (Å²) in [5.41, 5.74) is 1.05. The molecule has 3 aromatic rings. The molecule has 3 atom stereocenters. The molecule has 1 aliphatic rings. The van der Waals surface area contributed by atoms with Crippen LogP contribution in [0.1, 0.15) is 54.7 Å². The van der Waals surface area contributed by atoms with Crippen molar-refractivity contribution in [1.82, 2.24) is 5.32 Å². The van der Waals surface area contributed by atoms with Crippen molar-refractivity contribution >= 4 is 29.5 Å². The quantitative estimate of drug-likeness (QED) is 0.180. The zero-order valence-corrected chi connectivity index (χ0v) is 24.0. The van der Waals surface area contributed by atoms with Crippen LogP contribution in [0.5, 0.6) is 0 Å². The topological polar surface area (TPSA) is 133 Å². The molecule has 1 heterocycles. The van der Waals surface area contributed by atoms with Crippen molar-refractivity contribution in [3.63, 3.8) is 0 Å². The molecular formula is C33H34ClNO7. The molecule has 9 heteroatoms. The largest absolute Gasteiger partial charge is 0.481 e. The predicted octanol–water partition coefficient (Wildman–Crippen LogP) is 5.93. The Morgan fingerprint density at radius 2 is 1.55 bits per heavy atom. The van der Waals surface area contributed by atoms with Gasteiger partial charge >= 0.3 is 17.9 Å². The van der Waals surface area contributed by atoms with Gasteiger partial charge < -0.3 is 25.4 Å². The maximum atomic E-state index is 13.6. The molecule has 4 rings (SSSR count). The lowest BCUT2D eigenvalue weighted by Crippen LogP contribution is -2.59. The summed E-state index contributed by atoms with van der Waals surface area (Å²) in [6.45, 7) is 1.35. The van der Waals surface area contributed by atoms with Gasteiger partial charge in [0, 0.05) is 22.6 Å². The number of ether oxygens (including phenoxy) is 1. The first-order chi connectivity index (χ1) is 20.1. The molecule has 8 nitrogen and oxygen atoms in total. The van der Waals surface area contributed by atoms with Gasteiger partial charge in [-0.15, -0.1) is 0 Å². The van der Waals surface area contributed by atoms with Crippen LogP contribution in [0.4, 0.5) is 0 Å². The molecule has 0 amide bonds. The van der Waals surface area contributed by atoms with Gasteiger partial charge in [-0.05, 0) is 48.6 Å². The minimum atomic E-state index is -1.69. The molecule has 0 spiro atoms.